The molecule has 27 heavy (non-hydrogen) atoms. The summed E-state index contributed by atoms with van der Waals surface area (Å²) >= 11 is 0. The fourth-order valence-electron chi connectivity index (χ4n) is 3.42. The maximum absolute atomic E-state index is 12.6. The molecule has 1 saturated heterocycles. The lowest BCUT2D eigenvalue weighted by Gasteiger charge is -2.26. The molecule has 1 aliphatic rings. The molecule has 0 saturated carbocycles. The number of benzene rings is 1. The average molecular weight is 369 g/mol. The molecule has 2 heterocycles. The maximum atomic E-state index is 12.6. The molecule has 0 radical (unpaired) electrons. The predicted octanol–water partition coefficient (Wildman–Crippen LogP) is 3.12. The van der Waals surface area contributed by atoms with Crippen LogP contribution in [0.25, 0.3) is 10.8 Å². The number of likely N-dealkylation sites (tertiary alicyclic amines) is 1. The third-order valence-electron chi connectivity index (χ3n) is 4.98. The smallest absolute Gasteiger partial charge is 0.274 e. The minimum absolute atomic E-state index is 0.0438. The van der Waals surface area contributed by atoms with E-state index in [9.17, 15) is 9.90 Å². The van der Waals surface area contributed by atoms with Gasteiger partial charge in [0.25, 0.3) is 5.91 Å². The lowest BCUT2D eigenvalue weighted by molar-refractivity contribution is 0.0942. The van der Waals surface area contributed by atoms with Crippen molar-refractivity contribution in [2.75, 3.05) is 26.7 Å². The molecular weight excluding hydrogens is 342 g/mol. The fraction of sp³-hybridized carbons (Fsp3) is 0.429. The molecule has 2 N–H and O–H groups in total. The number of nitrogens with zero attached hydrogens (tertiary/aromatic N) is 2. The first-order chi connectivity index (χ1) is 13.0. The summed E-state index contributed by atoms with van der Waals surface area (Å²) in [4.78, 5) is 19.5. The Bertz CT molecular complexity index is 857. The van der Waals surface area contributed by atoms with Crippen LogP contribution in [0.5, 0.6) is 5.75 Å². The van der Waals surface area contributed by atoms with Crippen LogP contribution in [0.15, 0.2) is 30.5 Å². The Kier molecular flexibility index (Phi) is 5.96. The van der Waals surface area contributed by atoms with Crippen LogP contribution in [0.2, 0.25) is 0 Å². The lowest BCUT2D eigenvalue weighted by Crippen LogP contribution is -2.30. The number of aryl methyl sites for hydroxylation is 1. The van der Waals surface area contributed by atoms with Gasteiger partial charge in [-0.1, -0.05) is 30.7 Å². The summed E-state index contributed by atoms with van der Waals surface area (Å²) in [5, 5.41) is 14.9. The first-order valence-electron chi connectivity index (χ1n) is 9.34. The first-order valence-corrected chi connectivity index (χ1v) is 9.34. The standard InChI is InChI=1S/C21H27N3O3/c1-14-7-8-16-17(11-14)18(13-24-9-5-4-6-10-24)23-19(20(16)25)21(26)22-12-15(2)27-3/h7-8,11,25H,2,4-6,9-10,12-13H2,1,3H3,(H,22,26). The highest BCUT2D eigenvalue weighted by molar-refractivity contribution is 6.02. The maximum Gasteiger partial charge on any atom is 0.274 e. The molecule has 6 nitrogen and oxygen atoms in total. The minimum Gasteiger partial charge on any atom is -0.505 e. The third kappa shape index (κ3) is 4.39. The van der Waals surface area contributed by atoms with Crippen LogP contribution in [0.3, 0.4) is 0 Å². The number of pyridine rings is 1. The van der Waals surface area contributed by atoms with Crippen molar-refractivity contribution in [3.8, 4) is 5.75 Å². The molecule has 0 spiro atoms. The summed E-state index contributed by atoms with van der Waals surface area (Å²) in [5.41, 5.74) is 1.96. The quantitative estimate of drug-likeness (QED) is 0.765. The zero-order chi connectivity index (χ0) is 19.4. The second-order valence-corrected chi connectivity index (χ2v) is 7.07. The largest absolute Gasteiger partial charge is 0.505 e. The van der Waals surface area contributed by atoms with Gasteiger partial charge in [-0.3, -0.25) is 9.69 Å². The molecule has 1 aromatic heterocycles. The lowest BCUT2D eigenvalue weighted by atomic mass is 10.0. The van der Waals surface area contributed by atoms with Gasteiger partial charge in [0.1, 0.15) is 5.76 Å². The summed E-state index contributed by atoms with van der Waals surface area (Å²) in [6.45, 7) is 8.61. The van der Waals surface area contributed by atoms with E-state index < -0.39 is 5.91 Å². The first kappa shape index (κ1) is 19.2. The second-order valence-electron chi connectivity index (χ2n) is 7.07. The van der Waals surface area contributed by atoms with Crippen LogP contribution in [0, 0.1) is 6.92 Å². The summed E-state index contributed by atoms with van der Waals surface area (Å²) in [5.74, 6) is -0.0891. The van der Waals surface area contributed by atoms with Gasteiger partial charge in [-0.15, -0.1) is 0 Å². The number of hydrogen-bond acceptors (Lipinski definition) is 5. The molecule has 0 atom stereocenters. The van der Waals surface area contributed by atoms with Gasteiger partial charge >= 0.3 is 0 Å². The van der Waals surface area contributed by atoms with E-state index in [0.717, 1.165) is 29.7 Å². The number of carbonyl (C=O) groups is 1. The number of rotatable bonds is 6. The molecule has 0 bridgehead atoms. The van der Waals surface area contributed by atoms with E-state index in [1.807, 2.05) is 25.1 Å². The Morgan fingerprint density at radius 3 is 2.74 bits per heavy atom. The number of methoxy groups -OCH3 is 1. The van der Waals surface area contributed by atoms with Gasteiger partial charge in [0.2, 0.25) is 0 Å². The molecule has 2 aromatic rings. The van der Waals surface area contributed by atoms with Crippen molar-refractivity contribution in [3.63, 3.8) is 0 Å². The van der Waals surface area contributed by atoms with Crippen LogP contribution in [-0.2, 0) is 11.3 Å². The Hall–Kier alpha value is -2.60. The van der Waals surface area contributed by atoms with Gasteiger partial charge in [0.15, 0.2) is 11.4 Å². The third-order valence-corrected chi connectivity index (χ3v) is 4.98. The van der Waals surface area contributed by atoms with Crippen LogP contribution >= 0.6 is 0 Å². The van der Waals surface area contributed by atoms with Crippen LogP contribution in [0.1, 0.15) is 41.0 Å². The van der Waals surface area contributed by atoms with E-state index in [2.05, 4.69) is 21.8 Å². The van der Waals surface area contributed by atoms with Gasteiger partial charge in [-0.2, -0.15) is 0 Å². The molecule has 1 aliphatic heterocycles. The number of piperidine rings is 1. The normalized spacial score (nSPS) is 14.9. The van der Waals surface area contributed by atoms with Gasteiger partial charge in [-0.25, -0.2) is 4.98 Å². The second kappa shape index (κ2) is 8.39. The van der Waals surface area contributed by atoms with Crippen molar-refractivity contribution in [2.45, 2.75) is 32.7 Å². The minimum atomic E-state index is -0.437. The number of ether oxygens (including phenoxy) is 1. The van der Waals surface area contributed by atoms with Crippen LogP contribution in [-0.4, -0.2) is 47.6 Å². The number of fused-ring (bicyclic) bond motifs is 1. The van der Waals surface area contributed by atoms with Crippen molar-refractivity contribution in [1.29, 1.82) is 0 Å². The molecule has 3 rings (SSSR count). The Morgan fingerprint density at radius 2 is 2.04 bits per heavy atom. The number of hydrogen-bond donors (Lipinski definition) is 2. The van der Waals surface area contributed by atoms with Crippen LogP contribution in [0.4, 0.5) is 0 Å². The summed E-state index contributed by atoms with van der Waals surface area (Å²) in [7, 11) is 1.50. The van der Waals surface area contributed by atoms with E-state index in [1.165, 1.54) is 26.4 Å². The molecule has 1 fully saturated rings. The topological polar surface area (TPSA) is 74.7 Å². The molecule has 0 unspecified atom stereocenters. The summed E-state index contributed by atoms with van der Waals surface area (Å²) < 4.78 is 4.98. The Labute approximate surface area is 159 Å². The van der Waals surface area contributed by atoms with Gasteiger partial charge in [0, 0.05) is 17.3 Å². The van der Waals surface area contributed by atoms with Crippen molar-refractivity contribution in [3.05, 3.63) is 47.5 Å². The van der Waals surface area contributed by atoms with Crippen molar-refractivity contribution in [1.82, 2.24) is 15.2 Å². The summed E-state index contributed by atoms with van der Waals surface area (Å²) in [6, 6.07) is 5.81. The van der Waals surface area contributed by atoms with E-state index in [-0.39, 0.29) is 18.0 Å². The van der Waals surface area contributed by atoms with Gasteiger partial charge in [-0.05, 0) is 38.9 Å². The monoisotopic (exact) mass is 369 g/mol. The molecule has 6 heteroatoms. The van der Waals surface area contributed by atoms with Gasteiger partial charge in [0.05, 0.1) is 19.3 Å². The van der Waals surface area contributed by atoms with Crippen molar-refractivity contribution in [2.24, 2.45) is 0 Å². The fourth-order valence-corrected chi connectivity index (χ4v) is 3.42. The Balaban J connectivity index is 1.98. The molecular formula is C21H27N3O3. The SMILES string of the molecule is C=C(CNC(=O)c1nc(CN2CCCCC2)c2cc(C)ccc2c1O)OC. The number of carbonyl (C=O) groups excluding carboxylic acids is 1. The number of aromatic nitrogens is 1. The zero-order valence-electron chi connectivity index (χ0n) is 16.0. The van der Waals surface area contributed by atoms with E-state index >= 15 is 0 Å². The predicted molar refractivity (Wildman–Crippen MR) is 106 cm³/mol. The van der Waals surface area contributed by atoms with E-state index in [0.29, 0.717) is 17.7 Å². The van der Waals surface area contributed by atoms with E-state index in [4.69, 9.17) is 4.74 Å². The molecule has 144 valence electrons. The van der Waals surface area contributed by atoms with Crippen LogP contribution < -0.4 is 5.32 Å². The molecule has 0 aliphatic carbocycles. The number of amides is 1. The highest BCUT2D eigenvalue weighted by Crippen LogP contribution is 2.31. The summed E-state index contributed by atoms with van der Waals surface area (Å²) in [6.07, 6.45) is 3.62. The zero-order valence-corrected chi connectivity index (χ0v) is 16.0. The molecule has 1 aromatic carbocycles. The highest BCUT2D eigenvalue weighted by atomic mass is 16.5. The highest BCUT2D eigenvalue weighted by Gasteiger charge is 2.21. The average Bonchev–Trinajstić information content (AvgIpc) is 2.68. The van der Waals surface area contributed by atoms with Crippen molar-refractivity contribution < 1.29 is 14.6 Å². The molecule has 1 amide bonds. The van der Waals surface area contributed by atoms with Crippen molar-refractivity contribution >= 4 is 16.7 Å². The van der Waals surface area contributed by atoms with E-state index in [1.54, 1.807) is 0 Å². The number of aromatic hydroxyl groups is 1. The Morgan fingerprint density at radius 1 is 1.30 bits per heavy atom. The van der Waals surface area contributed by atoms with Gasteiger partial charge < -0.3 is 15.2 Å². The number of nitrogens with one attached hydrogen (secondary N) is 1.